The van der Waals surface area contributed by atoms with Crippen molar-refractivity contribution in [3.05, 3.63) is 59.7 Å². The first-order chi connectivity index (χ1) is 10.9. The van der Waals surface area contributed by atoms with Crippen molar-refractivity contribution in [1.29, 1.82) is 0 Å². The summed E-state index contributed by atoms with van der Waals surface area (Å²) >= 11 is 1.16. The third-order valence-corrected chi connectivity index (χ3v) is 4.24. The number of aryl methyl sites for hydroxylation is 1. The van der Waals surface area contributed by atoms with Crippen molar-refractivity contribution in [2.45, 2.75) is 18.2 Å². The Hall–Kier alpha value is -2.27. The van der Waals surface area contributed by atoms with Gasteiger partial charge in [-0.15, -0.1) is 0 Å². The van der Waals surface area contributed by atoms with Crippen LogP contribution in [-0.4, -0.2) is 30.1 Å². The molecular weight excluding hydrogens is 308 g/mol. The van der Waals surface area contributed by atoms with E-state index in [9.17, 15) is 9.59 Å². The molecule has 0 radical (unpaired) electrons. The van der Waals surface area contributed by atoms with Gasteiger partial charge in [0.05, 0.1) is 6.42 Å². The molecule has 0 saturated heterocycles. The minimum Gasteiger partial charge on any atom is -0.339 e. The molecule has 4 nitrogen and oxygen atoms in total. The van der Waals surface area contributed by atoms with Crippen molar-refractivity contribution in [3.8, 4) is 0 Å². The number of carbonyl (C=O) groups excluding carboxylic acids is 2. The normalized spacial score (nSPS) is 10.2. The van der Waals surface area contributed by atoms with Gasteiger partial charge in [0.2, 0.25) is 5.91 Å². The predicted molar refractivity (Wildman–Crippen MR) is 94.9 cm³/mol. The molecule has 0 aromatic heterocycles. The molecule has 0 saturated carbocycles. The highest BCUT2D eigenvalue weighted by molar-refractivity contribution is 8.13. The van der Waals surface area contributed by atoms with Gasteiger partial charge in [0, 0.05) is 24.7 Å². The van der Waals surface area contributed by atoms with E-state index in [4.69, 9.17) is 0 Å². The molecule has 0 aliphatic rings. The number of nitrogens with one attached hydrogen (secondary N) is 1. The van der Waals surface area contributed by atoms with E-state index in [1.807, 2.05) is 43.3 Å². The molecule has 0 spiro atoms. The fourth-order valence-corrected chi connectivity index (χ4v) is 2.55. The Bertz CT molecular complexity index is 679. The molecule has 0 aliphatic carbocycles. The van der Waals surface area contributed by atoms with Crippen LogP contribution in [0.5, 0.6) is 0 Å². The van der Waals surface area contributed by atoms with Crippen molar-refractivity contribution in [2.75, 3.05) is 19.4 Å². The van der Waals surface area contributed by atoms with Gasteiger partial charge < -0.3 is 10.2 Å². The minimum absolute atomic E-state index is 0.0267. The lowest BCUT2D eigenvalue weighted by molar-refractivity contribution is -0.115. The maximum Gasteiger partial charge on any atom is 0.285 e. The van der Waals surface area contributed by atoms with Gasteiger partial charge >= 0.3 is 0 Å². The number of rotatable bonds is 4. The summed E-state index contributed by atoms with van der Waals surface area (Å²) in [6.45, 7) is 2.02. The number of nitrogens with zero attached hydrogens (tertiary/aromatic N) is 1. The summed E-state index contributed by atoms with van der Waals surface area (Å²) in [6.07, 6.45) is 0.343. The SMILES string of the molecule is Cc1ccc(CC(=O)Nc2ccc(SC(=O)N(C)C)cc2)cc1. The number of hydrogen-bond donors (Lipinski definition) is 1. The van der Waals surface area contributed by atoms with Crippen molar-refractivity contribution >= 4 is 28.6 Å². The molecular formula is C18H20N2O2S. The van der Waals surface area contributed by atoms with E-state index in [2.05, 4.69) is 5.32 Å². The highest BCUT2D eigenvalue weighted by Crippen LogP contribution is 2.22. The summed E-state index contributed by atoms with van der Waals surface area (Å²) in [5, 5.41) is 2.84. The highest BCUT2D eigenvalue weighted by Gasteiger charge is 2.08. The molecule has 0 aliphatic heterocycles. The Kier molecular flexibility index (Phi) is 5.82. The maximum atomic E-state index is 12.0. The molecule has 2 aromatic carbocycles. The molecule has 2 aromatic rings. The Morgan fingerprint density at radius 1 is 1.00 bits per heavy atom. The molecule has 1 N–H and O–H groups in total. The second-order valence-corrected chi connectivity index (χ2v) is 6.52. The zero-order valence-corrected chi connectivity index (χ0v) is 14.3. The van der Waals surface area contributed by atoms with Crippen molar-refractivity contribution < 1.29 is 9.59 Å². The topological polar surface area (TPSA) is 49.4 Å². The Morgan fingerprint density at radius 2 is 1.61 bits per heavy atom. The number of benzene rings is 2. The second kappa shape index (κ2) is 7.83. The first-order valence-corrected chi connectivity index (χ1v) is 8.10. The molecule has 23 heavy (non-hydrogen) atoms. The molecule has 120 valence electrons. The maximum absolute atomic E-state index is 12.0. The molecule has 0 unspecified atom stereocenters. The van der Waals surface area contributed by atoms with Gasteiger partial charge in [-0.25, -0.2) is 0 Å². The van der Waals surface area contributed by atoms with Crippen LogP contribution in [0.25, 0.3) is 0 Å². The Morgan fingerprint density at radius 3 is 2.17 bits per heavy atom. The molecule has 0 bridgehead atoms. The van der Waals surface area contributed by atoms with Crippen LogP contribution < -0.4 is 5.32 Å². The number of hydrogen-bond acceptors (Lipinski definition) is 3. The van der Waals surface area contributed by atoms with Crippen LogP contribution in [0.2, 0.25) is 0 Å². The molecule has 5 heteroatoms. The first-order valence-electron chi connectivity index (χ1n) is 7.28. The Balaban J connectivity index is 1.91. The third-order valence-electron chi connectivity index (χ3n) is 3.19. The van der Waals surface area contributed by atoms with Crippen LogP contribution in [0.1, 0.15) is 11.1 Å². The third kappa shape index (κ3) is 5.45. The molecule has 0 fully saturated rings. The van der Waals surface area contributed by atoms with Crippen molar-refractivity contribution in [3.63, 3.8) is 0 Å². The summed E-state index contributed by atoms with van der Waals surface area (Å²) in [6, 6.07) is 15.2. The van der Waals surface area contributed by atoms with E-state index >= 15 is 0 Å². The van der Waals surface area contributed by atoms with E-state index in [0.29, 0.717) is 6.42 Å². The summed E-state index contributed by atoms with van der Waals surface area (Å²) in [5.74, 6) is -0.0568. The summed E-state index contributed by atoms with van der Waals surface area (Å²) in [4.78, 5) is 26.0. The van der Waals surface area contributed by atoms with Gasteiger partial charge in [-0.05, 0) is 48.5 Å². The van der Waals surface area contributed by atoms with Crippen LogP contribution >= 0.6 is 11.8 Å². The van der Waals surface area contributed by atoms with Gasteiger partial charge in [0.15, 0.2) is 0 Å². The summed E-state index contributed by atoms with van der Waals surface area (Å²) < 4.78 is 0. The number of anilines is 1. The predicted octanol–water partition coefficient (Wildman–Crippen LogP) is 3.95. The lowest BCUT2D eigenvalue weighted by Crippen LogP contribution is -2.16. The van der Waals surface area contributed by atoms with Crippen LogP contribution in [0, 0.1) is 6.92 Å². The molecule has 2 amide bonds. The fraction of sp³-hybridized carbons (Fsp3) is 0.222. The average molecular weight is 328 g/mol. The van der Waals surface area contributed by atoms with Gasteiger partial charge in [-0.3, -0.25) is 9.59 Å². The lowest BCUT2D eigenvalue weighted by Gasteiger charge is -2.10. The van der Waals surface area contributed by atoms with E-state index in [-0.39, 0.29) is 11.1 Å². The van der Waals surface area contributed by atoms with Crippen LogP contribution in [0.4, 0.5) is 10.5 Å². The van der Waals surface area contributed by atoms with Crippen LogP contribution in [0.15, 0.2) is 53.4 Å². The van der Waals surface area contributed by atoms with E-state index < -0.39 is 0 Å². The number of thioether (sulfide) groups is 1. The molecule has 2 rings (SSSR count). The first kappa shape index (κ1) is 17.1. The van der Waals surface area contributed by atoms with E-state index in [1.54, 1.807) is 26.2 Å². The largest absolute Gasteiger partial charge is 0.339 e. The number of carbonyl (C=O) groups is 2. The van der Waals surface area contributed by atoms with Crippen molar-refractivity contribution in [2.24, 2.45) is 0 Å². The minimum atomic E-state index is -0.0568. The average Bonchev–Trinajstić information content (AvgIpc) is 2.51. The van der Waals surface area contributed by atoms with Gasteiger partial charge in [-0.2, -0.15) is 0 Å². The standard InChI is InChI=1S/C18H20N2O2S/c1-13-4-6-14(7-5-13)12-17(21)19-15-8-10-16(11-9-15)23-18(22)20(2)3/h4-11H,12H2,1-3H3,(H,19,21). The van der Waals surface area contributed by atoms with E-state index in [0.717, 1.165) is 27.9 Å². The monoisotopic (exact) mass is 328 g/mol. The highest BCUT2D eigenvalue weighted by atomic mass is 32.2. The zero-order valence-electron chi connectivity index (χ0n) is 13.5. The number of amides is 2. The fourth-order valence-electron chi connectivity index (χ4n) is 1.89. The lowest BCUT2D eigenvalue weighted by atomic mass is 10.1. The summed E-state index contributed by atoms with van der Waals surface area (Å²) in [5.41, 5.74) is 2.88. The summed E-state index contributed by atoms with van der Waals surface area (Å²) in [7, 11) is 3.43. The van der Waals surface area contributed by atoms with Gasteiger partial charge in [0.1, 0.15) is 0 Å². The van der Waals surface area contributed by atoms with E-state index in [1.165, 1.54) is 10.5 Å². The van der Waals surface area contributed by atoms with Gasteiger partial charge in [0.25, 0.3) is 5.24 Å². The van der Waals surface area contributed by atoms with Crippen LogP contribution in [-0.2, 0) is 11.2 Å². The Labute approximate surface area is 140 Å². The zero-order chi connectivity index (χ0) is 16.8. The smallest absolute Gasteiger partial charge is 0.285 e. The molecule has 0 atom stereocenters. The quantitative estimate of drug-likeness (QED) is 0.865. The second-order valence-electron chi connectivity index (χ2n) is 5.50. The van der Waals surface area contributed by atoms with Gasteiger partial charge in [-0.1, -0.05) is 29.8 Å². The van der Waals surface area contributed by atoms with Crippen molar-refractivity contribution in [1.82, 2.24) is 4.90 Å². The van der Waals surface area contributed by atoms with Crippen LogP contribution in [0.3, 0.4) is 0 Å². The molecule has 0 heterocycles.